The molecule has 0 aliphatic heterocycles. The lowest BCUT2D eigenvalue weighted by atomic mass is 9.96. The lowest BCUT2D eigenvalue weighted by molar-refractivity contribution is 0.0422. The second-order valence-corrected chi connectivity index (χ2v) is 7.74. The van der Waals surface area contributed by atoms with Crippen molar-refractivity contribution in [3.63, 3.8) is 0 Å². The average molecular weight is 411 g/mol. The molecule has 1 unspecified atom stereocenters. The molecule has 0 aliphatic carbocycles. The highest BCUT2D eigenvalue weighted by atomic mass is 16.5. The Morgan fingerprint density at radius 2 is 1.37 bits per heavy atom. The van der Waals surface area contributed by atoms with Crippen LogP contribution >= 0.6 is 0 Å². The van der Waals surface area contributed by atoms with Crippen LogP contribution in [-0.2, 0) is 4.74 Å². The summed E-state index contributed by atoms with van der Waals surface area (Å²) < 4.78 is 10.9. The SMILES string of the molecule is CCCCCCC(CCCC)COC(=O)c1ccc(OC(=O)c2ccccc2)cc1. The van der Waals surface area contributed by atoms with Gasteiger partial charge in [0.05, 0.1) is 17.7 Å². The van der Waals surface area contributed by atoms with Gasteiger partial charge in [-0.3, -0.25) is 0 Å². The molecule has 0 saturated carbocycles. The molecule has 2 rings (SSSR count). The molecule has 2 aromatic carbocycles. The van der Waals surface area contributed by atoms with Gasteiger partial charge in [0.15, 0.2) is 0 Å². The third-order valence-corrected chi connectivity index (χ3v) is 5.19. The van der Waals surface area contributed by atoms with Crippen LogP contribution in [0.5, 0.6) is 5.75 Å². The smallest absolute Gasteiger partial charge is 0.343 e. The van der Waals surface area contributed by atoms with Crippen LogP contribution in [-0.4, -0.2) is 18.5 Å². The van der Waals surface area contributed by atoms with Crippen molar-refractivity contribution in [3.8, 4) is 5.75 Å². The van der Waals surface area contributed by atoms with Crippen LogP contribution in [0.25, 0.3) is 0 Å². The van der Waals surface area contributed by atoms with Crippen LogP contribution in [0.2, 0.25) is 0 Å². The zero-order chi connectivity index (χ0) is 21.6. The summed E-state index contributed by atoms with van der Waals surface area (Å²) in [5.74, 6) is 0.0766. The fraction of sp³-hybridized carbons (Fsp3) is 0.462. The first-order valence-corrected chi connectivity index (χ1v) is 11.2. The Labute approximate surface area is 180 Å². The van der Waals surface area contributed by atoms with Gasteiger partial charge in [-0.25, -0.2) is 9.59 Å². The van der Waals surface area contributed by atoms with E-state index in [-0.39, 0.29) is 5.97 Å². The highest BCUT2D eigenvalue weighted by Crippen LogP contribution is 2.19. The van der Waals surface area contributed by atoms with Gasteiger partial charge >= 0.3 is 11.9 Å². The van der Waals surface area contributed by atoms with Crippen molar-refractivity contribution in [3.05, 3.63) is 65.7 Å². The molecule has 30 heavy (non-hydrogen) atoms. The number of ether oxygens (including phenoxy) is 2. The molecule has 0 bridgehead atoms. The number of carbonyl (C=O) groups is 2. The Morgan fingerprint density at radius 1 is 0.733 bits per heavy atom. The summed E-state index contributed by atoms with van der Waals surface area (Å²) in [5, 5.41) is 0. The van der Waals surface area contributed by atoms with Crippen LogP contribution < -0.4 is 4.74 Å². The number of rotatable bonds is 13. The first-order chi connectivity index (χ1) is 14.6. The van der Waals surface area contributed by atoms with Gasteiger partial charge in [0.25, 0.3) is 0 Å². The molecular weight excluding hydrogens is 376 g/mol. The van der Waals surface area contributed by atoms with Gasteiger partial charge in [0.2, 0.25) is 0 Å². The predicted molar refractivity (Wildman–Crippen MR) is 120 cm³/mol. The monoisotopic (exact) mass is 410 g/mol. The Hall–Kier alpha value is -2.62. The zero-order valence-corrected chi connectivity index (χ0v) is 18.3. The van der Waals surface area contributed by atoms with Gasteiger partial charge in [0, 0.05) is 0 Å². The van der Waals surface area contributed by atoms with E-state index in [1.807, 2.05) is 6.07 Å². The van der Waals surface area contributed by atoms with Crippen LogP contribution in [0.15, 0.2) is 54.6 Å². The summed E-state index contributed by atoms with van der Waals surface area (Å²) in [4.78, 5) is 24.5. The number of hydrogen-bond donors (Lipinski definition) is 0. The van der Waals surface area contributed by atoms with Crippen molar-refractivity contribution < 1.29 is 19.1 Å². The minimum atomic E-state index is -0.423. The fourth-order valence-corrected chi connectivity index (χ4v) is 3.34. The van der Waals surface area contributed by atoms with Gasteiger partial charge in [-0.05, 0) is 55.2 Å². The molecule has 0 amide bonds. The number of carbonyl (C=O) groups excluding carboxylic acids is 2. The normalized spacial score (nSPS) is 11.7. The Bertz CT molecular complexity index is 752. The summed E-state index contributed by atoms with van der Waals surface area (Å²) in [6, 6.07) is 15.3. The molecule has 0 saturated heterocycles. The van der Waals surface area contributed by atoms with Crippen molar-refractivity contribution in [1.29, 1.82) is 0 Å². The second-order valence-electron chi connectivity index (χ2n) is 7.74. The fourth-order valence-electron chi connectivity index (χ4n) is 3.34. The molecule has 4 heteroatoms. The van der Waals surface area contributed by atoms with E-state index in [1.165, 1.54) is 25.7 Å². The van der Waals surface area contributed by atoms with E-state index in [9.17, 15) is 9.59 Å². The van der Waals surface area contributed by atoms with Gasteiger partial charge in [-0.1, -0.05) is 70.6 Å². The zero-order valence-electron chi connectivity index (χ0n) is 18.3. The molecule has 0 aromatic heterocycles. The summed E-state index contributed by atoms with van der Waals surface area (Å²) in [5.41, 5.74) is 0.952. The molecule has 4 nitrogen and oxygen atoms in total. The first kappa shape index (κ1) is 23.7. The maximum Gasteiger partial charge on any atom is 0.343 e. The summed E-state index contributed by atoms with van der Waals surface area (Å²) in [6.45, 7) is 4.87. The highest BCUT2D eigenvalue weighted by Gasteiger charge is 2.14. The highest BCUT2D eigenvalue weighted by molar-refractivity contribution is 5.91. The third kappa shape index (κ3) is 8.40. The lowest BCUT2D eigenvalue weighted by Gasteiger charge is -2.17. The average Bonchev–Trinajstić information content (AvgIpc) is 2.78. The summed E-state index contributed by atoms with van der Waals surface area (Å²) in [7, 11) is 0. The Balaban J connectivity index is 1.84. The van der Waals surface area contributed by atoms with E-state index in [0.717, 1.165) is 25.7 Å². The van der Waals surface area contributed by atoms with Gasteiger partial charge in [-0.15, -0.1) is 0 Å². The van der Waals surface area contributed by atoms with Crippen molar-refractivity contribution in [2.45, 2.75) is 65.2 Å². The van der Waals surface area contributed by atoms with E-state index in [4.69, 9.17) is 9.47 Å². The second kappa shape index (κ2) is 13.6. The van der Waals surface area contributed by atoms with E-state index in [1.54, 1.807) is 48.5 Å². The number of hydrogen-bond acceptors (Lipinski definition) is 4. The van der Waals surface area contributed by atoms with Gasteiger partial charge < -0.3 is 9.47 Å². The van der Waals surface area contributed by atoms with Crippen LogP contribution in [0.1, 0.15) is 85.9 Å². The summed E-state index contributed by atoms with van der Waals surface area (Å²) >= 11 is 0. The summed E-state index contributed by atoms with van der Waals surface area (Å²) in [6.07, 6.45) is 9.47. The van der Waals surface area contributed by atoms with Crippen molar-refractivity contribution >= 4 is 11.9 Å². The standard InChI is InChI=1S/C26H34O4/c1-3-5-7-9-13-21(12-6-4-2)20-29-25(27)23-16-18-24(19-17-23)30-26(28)22-14-10-8-11-15-22/h8,10-11,14-19,21H,3-7,9,12-13,20H2,1-2H3. The number of benzene rings is 2. The van der Waals surface area contributed by atoms with Crippen molar-refractivity contribution in [2.75, 3.05) is 6.61 Å². The Kier molecular flexibility index (Phi) is 10.7. The largest absolute Gasteiger partial charge is 0.462 e. The molecule has 0 N–H and O–H groups in total. The number of unbranched alkanes of at least 4 members (excludes halogenated alkanes) is 4. The Morgan fingerprint density at radius 3 is 2.03 bits per heavy atom. The first-order valence-electron chi connectivity index (χ1n) is 11.2. The molecule has 0 radical (unpaired) electrons. The van der Waals surface area contributed by atoms with Crippen LogP contribution in [0.3, 0.4) is 0 Å². The maximum absolute atomic E-state index is 12.4. The third-order valence-electron chi connectivity index (χ3n) is 5.19. The quantitative estimate of drug-likeness (QED) is 0.206. The predicted octanol–water partition coefficient (Wildman–Crippen LogP) is 6.84. The minimum Gasteiger partial charge on any atom is -0.462 e. The molecule has 1 atom stereocenters. The van der Waals surface area contributed by atoms with E-state index < -0.39 is 5.97 Å². The molecule has 2 aromatic rings. The molecule has 0 heterocycles. The van der Waals surface area contributed by atoms with Crippen molar-refractivity contribution in [2.24, 2.45) is 5.92 Å². The minimum absolute atomic E-state index is 0.328. The topological polar surface area (TPSA) is 52.6 Å². The van der Waals surface area contributed by atoms with Crippen LogP contribution in [0.4, 0.5) is 0 Å². The molecular formula is C26H34O4. The number of esters is 2. The molecule has 0 fully saturated rings. The van der Waals surface area contributed by atoms with Crippen molar-refractivity contribution in [1.82, 2.24) is 0 Å². The lowest BCUT2D eigenvalue weighted by Crippen LogP contribution is -2.15. The van der Waals surface area contributed by atoms with E-state index >= 15 is 0 Å². The van der Waals surface area contributed by atoms with Crippen LogP contribution in [0, 0.1) is 5.92 Å². The molecule has 0 spiro atoms. The van der Waals surface area contributed by atoms with E-state index in [2.05, 4.69) is 13.8 Å². The molecule has 162 valence electrons. The van der Waals surface area contributed by atoms with Gasteiger partial charge in [0.1, 0.15) is 5.75 Å². The maximum atomic E-state index is 12.4. The molecule has 0 aliphatic rings. The van der Waals surface area contributed by atoms with Gasteiger partial charge in [-0.2, -0.15) is 0 Å². The van der Waals surface area contributed by atoms with E-state index in [0.29, 0.717) is 29.4 Å².